The zero-order valence-corrected chi connectivity index (χ0v) is 10.4. The Bertz CT molecular complexity index is 644. The van der Waals surface area contributed by atoms with E-state index in [1.165, 1.54) is 0 Å². The van der Waals surface area contributed by atoms with Crippen molar-refractivity contribution < 1.29 is 14.1 Å². The number of carbonyl (C=O) groups is 1. The predicted molar refractivity (Wildman–Crippen MR) is 70.7 cm³/mol. The van der Waals surface area contributed by atoms with Crippen LogP contribution in [-0.2, 0) is 6.54 Å². The molecule has 0 radical (unpaired) electrons. The zero-order chi connectivity index (χ0) is 14.5. The molecule has 0 aliphatic rings. The van der Waals surface area contributed by atoms with Crippen molar-refractivity contribution in [2.24, 2.45) is 0 Å². The Balaban J connectivity index is 2.17. The van der Waals surface area contributed by atoms with Crippen molar-refractivity contribution in [3.8, 4) is 0 Å². The molecule has 0 atom stereocenters. The average Bonchev–Trinajstić information content (AvgIpc) is 2.45. The summed E-state index contributed by atoms with van der Waals surface area (Å²) in [6.45, 7) is 0.216. The van der Waals surface area contributed by atoms with Gasteiger partial charge in [-0.2, -0.15) is 0 Å². The van der Waals surface area contributed by atoms with Gasteiger partial charge in [0.2, 0.25) is 0 Å². The van der Waals surface area contributed by atoms with E-state index >= 15 is 0 Å². The summed E-state index contributed by atoms with van der Waals surface area (Å²) in [5, 5.41) is 13.3. The lowest BCUT2D eigenvalue weighted by Crippen LogP contribution is -2.23. The van der Waals surface area contributed by atoms with Crippen molar-refractivity contribution >= 4 is 11.6 Å². The average molecular weight is 274 g/mol. The first-order valence-electron chi connectivity index (χ1n) is 5.84. The van der Waals surface area contributed by atoms with Crippen molar-refractivity contribution in [1.82, 2.24) is 5.32 Å². The minimum atomic E-state index is -0.711. The molecular formula is C14H11FN2O3. The van der Waals surface area contributed by atoms with Gasteiger partial charge in [0.15, 0.2) is 0 Å². The molecule has 0 unspecified atom stereocenters. The number of rotatable bonds is 4. The number of hydrogen-bond acceptors (Lipinski definition) is 3. The molecule has 2 aromatic carbocycles. The number of nitro groups is 1. The van der Waals surface area contributed by atoms with Gasteiger partial charge in [-0.15, -0.1) is 0 Å². The topological polar surface area (TPSA) is 72.2 Å². The molecule has 6 heteroatoms. The second kappa shape index (κ2) is 5.92. The summed E-state index contributed by atoms with van der Waals surface area (Å²) in [7, 11) is 0. The Morgan fingerprint density at radius 2 is 1.90 bits per heavy atom. The van der Waals surface area contributed by atoms with Crippen LogP contribution < -0.4 is 5.32 Å². The van der Waals surface area contributed by atoms with Gasteiger partial charge < -0.3 is 5.32 Å². The first-order chi connectivity index (χ1) is 9.58. The number of hydrogen-bond donors (Lipinski definition) is 1. The summed E-state index contributed by atoms with van der Waals surface area (Å²) in [4.78, 5) is 22.0. The van der Waals surface area contributed by atoms with Gasteiger partial charge in [-0.3, -0.25) is 14.9 Å². The molecule has 5 nitrogen and oxygen atoms in total. The molecule has 0 aliphatic carbocycles. The Hall–Kier alpha value is -2.76. The molecule has 0 saturated heterocycles. The molecule has 0 heterocycles. The largest absolute Gasteiger partial charge is 0.348 e. The summed E-state index contributed by atoms with van der Waals surface area (Å²) < 4.78 is 13.1. The molecule has 2 aromatic rings. The highest BCUT2D eigenvalue weighted by Gasteiger charge is 2.20. The minimum absolute atomic E-state index is 0.216. The molecule has 0 saturated carbocycles. The van der Waals surface area contributed by atoms with Crippen LogP contribution in [0.4, 0.5) is 10.1 Å². The van der Waals surface area contributed by atoms with Gasteiger partial charge >= 0.3 is 0 Å². The maximum Gasteiger partial charge on any atom is 0.282 e. The van der Waals surface area contributed by atoms with Crippen molar-refractivity contribution in [3.05, 3.63) is 75.6 Å². The lowest BCUT2D eigenvalue weighted by Gasteiger charge is -2.06. The predicted octanol–water partition coefficient (Wildman–Crippen LogP) is 2.66. The van der Waals surface area contributed by atoms with Crippen LogP contribution in [0, 0.1) is 15.9 Å². The molecule has 1 amide bonds. The molecular weight excluding hydrogens is 263 g/mol. The standard InChI is InChI=1S/C14H11FN2O3/c15-11-6-7-13(17(19)20)12(8-11)14(18)16-9-10-4-2-1-3-5-10/h1-8H,9H2,(H,16,18). The fraction of sp³-hybridized carbons (Fsp3) is 0.0714. The van der Waals surface area contributed by atoms with Gasteiger partial charge in [-0.1, -0.05) is 30.3 Å². The fourth-order valence-electron chi connectivity index (χ4n) is 1.72. The molecule has 0 bridgehead atoms. The van der Waals surface area contributed by atoms with Gasteiger partial charge in [0.05, 0.1) is 4.92 Å². The van der Waals surface area contributed by atoms with Gasteiger partial charge in [-0.05, 0) is 17.7 Å². The third-order valence-electron chi connectivity index (χ3n) is 2.70. The van der Waals surface area contributed by atoms with Gasteiger partial charge in [0.1, 0.15) is 11.4 Å². The zero-order valence-electron chi connectivity index (χ0n) is 10.4. The number of nitrogens with one attached hydrogen (secondary N) is 1. The summed E-state index contributed by atoms with van der Waals surface area (Å²) in [6, 6.07) is 11.9. The highest BCUT2D eigenvalue weighted by Crippen LogP contribution is 2.19. The highest BCUT2D eigenvalue weighted by atomic mass is 19.1. The third kappa shape index (κ3) is 3.17. The molecule has 0 aromatic heterocycles. The second-order valence-electron chi connectivity index (χ2n) is 4.09. The first kappa shape index (κ1) is 13.7. The van der Waals surface area contributed by atoms with Crippen LogP contribution in [-0.4, -0.2) is 10.8 Å². The van der Waals surface area contributed by atoms with Crippen LogP contribution in [0.25, 0.3) is 0 Å². The molecule has 102 valence electrons. The van der Waals surface area contributed by atoms with E-state index in [2.05, 4.69) is 5.32 Å². The third-order valence-corrected chi connectivity index (χ3v) is 2.70. The summed E-state index contributed by atoms with van der Waals surface area (Å²) in [6.07, 6.45) is 0. The minimum Gasteiger partial charge on any atom is -0.348 e. The van der Waals surface area contributed by atoms with Gasteiger partial charge in [0, 0.05) is 12.6 Å². The maximum absolute atomic E-state index is 13.1. The molecule has 0 spiro atoms. The van der Waals surface area contributed by atoms with E-state index in [4.69, 9.17) is 0 Å². The van der Waals surface area contributed by atoms with Gasteiger partial charge in [-0.25, -0.2) is 4.39 Å². The lowest BCUT2D eigenvalue weighted by atomic mass is 10.1. The number of halogens is 1. The molecule has 20 heavy (non-hydrogen) atoms. The lowest BCUT2D eigenvalue weighted by molar-refractivity contribution is -0.385. The normalized spacial score (nSPS) is 10.1. The van der Waals surface area contributed by atoms with Crippen LogP contribution in [0.2, 0.25) is 0 Å². The Morgan fingerprint density at radius 3 is 2.55 bits per heavy atom. The number of amides is 1. The number of nitro benzene ring substituents is 1. The van der Waals surface area contributed by atoms with E-state index in [0.29, 0.717) is 0 Å². The van der Waals surface area contributed by atoms with E-state index in [9.17, 15) is 19.3 Å². The fourth-order valence-corrected chi connectivity index (χ4v) is 1.72. The smallest absolute Gasteiger partial charge is 0.282 e. The van der Waals surface area contributed by atoms with E-state index in [1.54, 1.807) is 12.1 Å². The first-order valence-corrected chi connectivity index (χ1v) is 5.84. The monoisotopic (exact) mass is 274 g/mol. The van der Waals surface area contributed by atoms with Crippen LogP contribution in [0.5, 0.6) is 0 Å². The van der Waals surface area contributed by atoms with Crippen molar-refractivity contribution in [1.29, 1.82) is 0 Å². The SMILES string of the molecule is O=C(NCc1ccccc1)c1cc(F)ccc1[N+](=O)[O-]. The summed E-state index contributed by atoms with van der Waals surface area (Å²) >= 11 is 0. The summed E-state index contributed by atoms with van der Waals surface area (Å²) in [5.74, 6) is -1.37. The van der Waals surface area contributed by atoms with Crippen LogP contribution in [0.15, 0.2) is 48.5 Å². The Kier molecular flexibility index (Phi) is 4.05. The number of carbonyl (C=O) groups excluding carboxylic acids is 1. The Labute approximate surface area is 114 Å². The molecule has 1 N–H and O–H groups in total. The van der Waals surface area contributed by atoms with Crippen molar-refractivity contribution in [2.45, 2.75) is 6.54 Å². The summed E-state index contributed by atoms with van der Waals surface area (Å²) in [5.41, 5.74) is 0.141. The van der Waals surface area contributed by atoms with E-state index in [-0.39, 0.29) is 12.1 Å². The van der Waals surface area contributed by atoms with E-state index in [0.717, 1.165) is 23.8 Å². The number of benzene rings is 2. The van der Waals surface area contributed by atoms with Crippen LogP contribution in [0.1, 0.15) is 15.9 Å². The van der Waals surface area contributed by atoms with Crippen molar-refractivity contribution in [3.63, 3.8) is 0 Å². The highest BCUT2D eigenvalue weighted by molar-refractivity contribution is 5.98. The molecule has 2 rings (SSSR count). The molecule has 0 aliphatic heterocycles. The molecule has 0 fully saturated rings. The van der Waals surface area contributed by atoms with Crippen molar-refractivity contribution in [2.75, 3.05) is 0 Å². The van der Waals surface area contributed by atoms with Gasteiger partial charge in [0.25, 0.3) is 11.6 Å². The maximum atomic E-state index is 13.1. The van der Waals surface area contributed by atoms with E-state index in [1.807, 2.05) is 18.2 Å². The Morgan fingerprint density at radius 1 is 1.20 bits per heavy atom. The van der Waals surface area contributed by atoms with Crippen LogP contribution in [0.3, 0.4) is 0 Å². The quantitative estimate of drug-likeness (QED) is 0.688. The van der Waals surface area contributed by atoms with E-state index < -0.39 is 22.3 Å². The van der Waals surface area contributed by atoms with Crippen LogP contribution >= 0.6 is 0 Å². The number of nitrogens with zero attached hydrogens (tertiary/aromatic N) is 1. The second-order valence-corrected chi connectivity index (χ2v) is 4.09.